The first-order valence-electron chi connectivity index (χ1n) is 10.0. The highest BCUT2D eigenvalue weighted by atomic mass is 35.5. The maximum Gasteiger partial charge on any atom is 0.411 e. The highest BCUT2D eigenvalue weighted by Crippen LogP contribution is 2.53. The lowest BCUT2D eigenvalue weighted by molar-refractivity contribution is -0.162. The zero-order valence-electron chi connectivity index (χ0n) is 19.2. The second kappa shape index (κ2) is 8.10. The van der Waals surface area contributed by atoms with Gasteiger partial charge in [-0.2, -0.15) is 0 Å². The number of carbonyl (C=O) groups excluding carboxylic acids is 3. The second-order valence-electron chi connectivity index (χ2n) is 10.2. The fourth-order valence-electron chi connectivity index (χ4n) is 4.29. The first kappa shape index (κ1) is 25.7. The molecule has 9 nitrogen and oxygen atoms in total. The molecule has 2 rings (SSSR count). The van der Waals surface area contributed by atoms with Gasteiger partial charge in [-0.3, -0.25) is 9.69 Å². The normalized spacial score (nSPS) is 32.4. The molecule has 2 aliphatic heterocycles. The van der Waals surface area contributed by atoms with Crippen LogP contribution in [0, 0.1) is 11.8 Å². The summed E-state index contributed by atoms with van der Waals surface area (Å²) in [6.45, 7) is 11.3. The molecule has 0 aromatic heterocycles. The van der Waals surface area contributed by atoms with Gasteiger partial charge in [0.1, 0.15) is 17.2 Å². The molecule has 2 saturated heterocycles. The summed E-state index contributed by atoms with van der Waals surface area (Å²) < 4.78 is 40.9. The van der Waals surface area contributed by atoms with E-state index < -0.39 is 66.9 Å². The van der Waals surface area contributed by atoms with Crippen LogP contribution >= 0.6 is 11.6 Å². The number of fused-ring (bicyclic) bond motifs is 1. The number of amides is 1. The summed E-state index contributed by atoms with van der Waals surface area (Å²) in [6.07, 6.45) is -0.796. The highest BCUT2D eigenvalue weighted by molar-refractivity contribution is 7.94. The van der Waals surface area contributed by atoms with Gasteiger partial charge in [0.25, 0.3) is 0 Å². The molecule has 2 unspecified atom stereocenters. The van der Waals surface area contributed by atoms with Crippen molar-refractivity contribution in [3.05, 3.63) is 0 Å². The van der Waals surface area contributed by atoms with Gasteiger partial charge in [-0.15, -0.1) is 11.6 Å². The number of hydrogen-bond donors (Lipinski definition) is 0. The van der Waals surface area contributed by atoms with Crippen LogP contribution in [0.5, 0.6) is 0 Å². The smallest absolute Gasteiger partial charge is 0.411 e. The molecule has 2 aliphatic rings. The maximum atomic E-state index is 13.3. The van der Waals surface area contributed by atoms with E-state index in [1.54, 1.807) is 41.5 Å². The van der Waals surface area contributed by atoms with Crippen LogP contribution in [-0.4, -0.2) is 78.1 Å². The van der Waals surface area contributed by atoms with Crippen molar-refractivity contribution >= 4 is 39.5 Å². The molecule has 0 aromatic rings. The SMILES string of the molecule is COC(=O)C1[C@@H]2[C@@H](C(=O)OC(C)(C)C)N(C(=O)OC(C)(C)C)C[C@@H]2C(C)(CCl)S1(=O)=O. The first-order chi connectivity index (χ1) is 13.9. The number of rotatable bonds is 3. The second-order valence-corrected chi connectivity index (χ2v) is 13.0. The number of ether oxygens (including phenoxy) is 3. The van der Waals surface area contributed by atoms with Crippen molar-refractivity contribution < 1.29 is 37.0 Å². The Kier molecular flexibility index (Phi) is 6.72. The van der Waals surface area contributed by atoms with Crippen molar-refractivity contribution in [3.63, 3.8) is 0 Å². The van der Waals surface area contributed by atoms with E-state index in [-0.39, 0.29) is 12.4 Å². The quantitative estimate of drug-likeness (QED) is 0.342. The Labute approximate surface area is 188 Å². The molecule has 31 heavy (non-hydrogen) atoms. The number of nitrogens with zero attached hydrogens (tertiary/aromatic N) is 1. The lowest BCUT2D eigenvalue weighted by atomic mass is 9.80. The standard InChI is InChI=1S/C20H32ClNO8S/c1-18(2,3)29-15(23)13-12-11(9-22(13)17(25)30-19(4,5)6)20(7,10-21)31(26,27)14(12)16(24)28-8/h11-14H,9-10H2,1-8H3/t11-,12-,13-,14?,20?/m0/s1. The lowest BCUT2D eigenvalue weighted by Gasteiger charge is -2.33. The molecule has 0 N–H and O–H groups in total. The average molecular weight is 482 g/mol. The Hall–Kier alpha value is -1.55. The van der Waals surface area contributed by atoms with Crippen LogP contribution in [-0.2, 0) is 33.6 Å². The number of halogens is 1. The van der Waals surface area contributed by atoms with Gasteiger partial charge in [0.2, 0.25) is 0 Å². The average Bonchev–Trinajstić information content (AvgIpc) is 3.04. The van der Waals surface area contributed by atoms with Crippen molar-refractivity contribution in [1.29, 1.82) is 0 Å². The predicted octanol–water partition coefficient (Wildman–Crippen LogP) is 2.15. The van der Waals surface area contributed by atoms with E-state index in [9.17, 15) is 22.8 Å². The van der Waals surface area contributed by atoms with Crippen molar-refractivity contribution in [2.75, 3.05) is 19.5 Å². The Balaban J connectivity index is 2.65. The summed E-state index contributed by atoms with van der Waals surface area (Å²) >= 11 is 6.10. The number of carbonyl (C=O) groups is 3. The minimum absolute atomic E-state index is 0.126. The summed E-state index contributed by atoms with van der Waals surface area (Å²) in [5.41, 5.74) is -1.75. The topological polar surface area (TPSA) is 116 Å². The van der Waals surface area contributed by atoms with Crippen LogP contribution < -0.4 is 0 Å². The fourth-order valence-corrected chi connectivity index (χ4v) is 7.43. The summed E-state index contributed by atoms with van der Waals surface area (Å²) in [4.78, 5) is 39.9. The Morgan fingerprint density at radius 3 is 1.97 bits per heavy atom. The predicted molar refractivity (Wildman–Crippen MR) is 113 cm³/mol. The third-order valence-electron chi connectivity index (χ3n) is 5.65. The number of alkyl halides is 1. The van der Waals surface area contributed by atoms with Crippen LogP contribution in [0.1, 0.15) is 48.5 Å². The van der Waals surface area contributed by atoms with E-state index in [0.29, 0.717) is 0 Å². The highest BCUT2D eigenvalue weighted by Gasteiger charge is 2.72. The summed E-state index contributed by atoms with van der Waals surface area (Å²) in [7, 11) is -3.06. The van der Waals surface area contributed by atoms with Gasteiger partial charge in [-0.25, -0.2) is 18.0 Å². The monoisotopic (exact) mass is 481 g/mol. The molecule has 11 heteroatoms. The third-order valence-corrected chi connectivity index (χ3v) is 9.29. The number of hydrogen-bond acceptors (Lipinski definition) is 8. The third kappa shape index (κ3) is 4.51. The van der Waals surface area contributed by atoms with Gasteiger partial charge in [0, 0.05) is 24.3 Å². The number of methoxy groups -OCH3 is 1. The Morgan fingerprint density at radius 1 is 1.03 bits per heavy atom. The lowest BCUT2D eigenvalue weighted by Crippen LogP contribution is -2.52. The Bertz CT molecular complexity index is 859. The first-order valence-corrected chi connectivity index (χ1v) is 12.1. The van der Waals surface area contributed by atoms with E-state index in [4.69, 9.17) is 25.8 Å². The Morgan fingerprint density at radius 2 is 1.55 bits per heavy atom. The molecule has 0 bridgehead atoms. The van der Waals surface area contributed by atoms with Crippen molar-refractivity contribution in [2.45, 2.75) is 75.7 Å². The van der Waals surface area contributed by atoms with Gasteiger partial charge in [0.05, 0.1) is 11.9 Å². The number of sulfone groups is 1. The van der Waals surface area contributed by atoms with Crippen LogP contribution in [0.4, 0.5) is 4.79 Å². The summed E-state index contributed by atoms with van der Waals surface area (Å²) in [5.74, 6) is -3.99. The molecule has 0 radical (unpaired) electrons. The maximum absolute atomic E-state index is 13.3. The largest absolute Gasteiger partial charge is 0.468 e. The van der Waals surface area contributed by atoms with Gasteiger partial charge in [-0.05, 0) is 48.5 Å². The van der Waals surface area contributed by atoms with Gasteiger partial charge in [0.15, 0.2) is 15.1 Å². The number of esters is 2. The molecule has 2 heterocycles. The van der Waals surface area contributed by atoms with Crippen molar-refractivity contribution in [1.82, 2.24) is 4.90 Å². The van der Waals surface area contributed by atoms with E-state index in [1.807, 2.05) is 0 Å². The number of likely N-dealkylation sites (tertiary alicyclic amines) is 1. The summed E-state index contributed by atoms with van der Waals surface area (Å²) in [5, 5.41) is -1.66. The van der Waals surface area contributed by atoms with Crippen LogP contribution in [0.3, 0.4) is 0 Å². The molecular weight excluding hydrogens is 450 g/mol. The van der Waals surface area contributed by atoms with E-state index >= 15 is 0 Å². The fraction of sp³-hybridized carbons (Fsp3) is 0.850. The van der Waals surface area contributed by atoms with E-state index in [2.05, 4.69) is 0 Å². The van der Waals surface area contributed by atoms with Gasteiger partial charge < -0.3 is 14.2 Å². The zero-order chi connectivity index (χ0) is 24.2. The summed E-state index contributed by atoms with van der Waals surface area (Å²) in [6, 6.07) is -1.34. The molecule has 0 spiro atoms. The van der Waals surface area contributed by atoms with E-state index in [1.165, 1.54) is 6.92 Å². The molecular formula is C20H32ClNO8S. The van der Waals surface area contributed by atoms with Crippen LogP contribution in [0.2, 0.25) is 0 Å². The van der Waals surface area contributed by atoms with Crippen molar-refractivity contribution in [3.8, 4) is 0 Å². The van der Waals surface area contributed by atoms with Crippen LogP contribution in [0.25, 0.3) is 0 Å². The minimum atomic E-state index is -4.14. The van der Waals surface area contributed by atoms with Gasteiger partial charge >= 0.3 is 18.0 Å². The molecule has 0 aromatic carbocycles. The molecule has 0 aliphatic carbocycles. The van der Waals surface area contributed by atoms with Crippen LogP contribution in [0.15, 0.2) is 0 Å². The molecule has 1 amide bonds. The van der Waals surface area contributed by atoms with E-state index in [0.717, 1.165) is 12.0 Å². The zero-order valence-corrected chi connectivity index (χ0v) is 20.8. The van der Waals surface area contributed by atoms with Gasteiger partial charge in [-0.1, -0.05) is 0 Å². The molecule has 2 fully saturated rings. The molecule has 5 atom stereocenters. The molecule has 178 valence electrons. The van der Waals surface area contributed by atoms with Crippen molar-refractivity contribution in [2.24, 2.45) is 11.8 Å². The minimum Gasteiger partial charge on any atom is -0.468 e. The molecule has 0 saturated carbocycles.